The minimum atomic E-state index is -0.328. The minimum Gasteiger partial charge on any atom is -0.453 e. The van der Waals surface area contributed by atoms with Gasteiger partial charge in [0.1, 0.15) is 11.6 Å². The van der Waals surface area contributed by atoms with E-state index >= 15 is 0 Å². The normalized spacial score (nSPS) is 18.4. The molecule has 3 aliphatic rings. The van der Waals surface area contributed by atoms with Crippen LogP contribution in [0.3, 0.4) is 0 Å². The van der Waals surface area contributed by atoms with E-state index < -0.39 is 0 Å². The van der Waals surface area contributed by atoms with E-state index in [1.54, 1.807) is 17.0 Å². The Hall–Kier alpha value is -4.29. The van der Waals surface area contributed by atoms with Crippen LogP contribution in [0.25, 0.3) is 5.65 Å². The molecule has 0 saturated carbocycles. The lowest BCUT2D eigenvalue weighted by Gasteiger charge is -2.55. The van der Waals surface area contributed by atoms with E-state index in [2.05, 4.69) is 42.7 Å². The Kier molecular flexibility index (Phi) is 5.67. The second-order valence-corrected chi connectivity index (χ2v) is 8.60. The van der Waals surface area contributed by atoms with Crippen molar-refractivity contribution in [3.8, 4) is 12.1 Å². The van der Waals surface area contributed by atoms with Crippen molar-refractivity contribution < 1.29 is 9.53 Å². The fraction of sp³-hybridized carbons (Fsp3) is 0.364. The molecule has 13 heteroatoms. The number of piperazine rings is 1. The summed E-state index contributed by atoms with van der Waals surface area (Å²) in [5.41, 5.74) is 2.19. The number of piperidine rings is 1. The van der Waals surface area contributed by atoms with Crippen LogP contribution in [-0.2, 0) is 4.74 Å². The molecule has 35 heavy (non-hydrogen) atoms. The summed E-state index contributed by atoms with van der Waals surface area (Å²) in [5, 5.41) is 29.9. The number of hydrogen-bond acceptors (Lipinski definition) is 10. The molecule has 2 unspecified atom stereocenters. The van der Waals surface area contributed by atoms with Crippen molar-refractivity contribution in [2.75, 3.05) is 42.3 Å². The number of amides is 1. The smallest absolute Gasteiger partial charge is 0.410 e. The number of nitriles is 2. The molecular formula is C22H21ClN10O2. The largest absolute Gasteiger partial charge is 0.453 e. The van der Waals surface area contributed by atoms with Gasteiger partial charge in [0.25, 0.3) is 0 Å². The Labute approximate surface area is 205 Å². The highest BCUT2D eigenvalue weighted by Crippen LogP contribution is 2.41. The zero-order valence-electron chi connectivity index (χ0n) is 19.0. The van der Waals surface area contributed by atoms with Crippen LogP contribution in [0.1, 0.15) is 24.5 Å². The van der Waals surface area contributed by atoms with E-state index in [9.17, 15) is 15.3 Å². The highest BCUT2D eigenvalue weighted by Gasteiger charge is 2.48. The third kappa shape index (κ3) is 3.78. The number of methoxy groups -OCH3 is 1. The van der Waals surface area contributed by atoms with E-state index in [1.807, 2.05) is 6.92 Å². The first-order chi connectivity index (χ1) is 17.0. The lowest BCUT2D eigenvalue weighted by atomic mass is 9.87. The maximum absolute atomic E-state index is 12.0. The second kappa shape index (κ2) is 8.81. The average molecular weight is 493 g/mol. The third-order valence-electron chi connectivity index (χ3n) is 6.17. The van der Waals surface area contributed by atoms with Crippen molar-refractivity contribution in [3.63, 3.8) is 0 Å². The van der Waals surface area contributed by atoms with Crippen molar-refractivity contribution in [3.05, 3.63) is 34.5 Å². The number of fused-ring (bicyclic) bond motifs is 3. The molecule has 178 valence electrons. The van der Waals surface area contributed by atoms with Gasteiger partial charge in [-0.2, -0.15) is 30.1 Å². The number of carbonyl (C=O) groups is 1. The SMILES string of the molecule is CCNc1nc(Nc2cc(C#N)cc(N3CC4CC(C3)N4C(=O)OC)c2Cl)nc2c(C#N)cnn12. The number of aromatic nitrogens is 4. The van der Waals surface area contributed by atoms with Crippen molar-refractivity contribution in [2.45, 2.75) is 25.4 Å². The van der Waals surface area contributed by atoms with Gasteiger partial charge >= 0.3 is 6.09 Å². The summed E-state index contributed by atoms with van der Waals surface area (Å²) in [5.74, 6) is 0.611. The quantitative estimate of drug-likeness (QED) is 0.544. The standard InChI is InChI=1S/C22H21ClN10O2/c1-3-26-21-30-20(29-19-13(8-25)9-27-33(19)21)28-16-4-12(7-24)5-17(18(16)23)31-10-14-6-15(11-31)32(14)22(34)35-2/h4-5,9,14-15H,3,6,10-11H2,1-2H3,(H2,26,28,29,30). The van der Waals surface area contributed by atoms with Gasteiger partial charge in [0, 0.05) is 19.6 Å². The highest BCUT2D eigenvalue weighted by atomic mass is 35.5. The van der Waals surface area contributed by atoms with Crippen LogP contribution in [0.4, 0.5) is 28.1 Å². The first-order valence-corrected chi connectivity index (χ1v) is 11.4. The second-order valence-electron chi connectivity index (χ2n) is 8.23. The molecule has 6 rings (SSSR count). The Morgan fingerprint density at radius 3 is 2.69 bits per heavy atom. The van der Waals surface area contributed by atoms with Crippen molar-refractivity contribution in [2.24, 2.45) is 0 Å². The van der Waals surface area contributed by atoms with E-state index in [1.165, 1.54) is 17.8 Å². The molecule has 3 aromatic rings. The van der Waals surface area contributed by atoms with Crippen LogP contribution in [0.15, 0.2) is 18.3 Å². The van der Waals surface area contributed by atoms with E-state index in [-0.39, 0.29) is 24.1 Å². The molecule has 5 heterocycles. The fourth-order valence-corrected chi connectivity index (χ4v) is 4.89. The molecule has 2 bridgehead atoms. The number of nitrogens with one attached hydrogen (secondary N) is 2. The van der Waals surface area contributed by atoms with Crippen LogP contribution in [-0.4, -0.2) is 69.4 Å². The molecule has 0 spiro atoms. The summed E-state index contributed by atoms with van der Waals surface area (Å²) < 4.78 is 6.35. The summed E-state index contributed by atoms with van der Waals surface area (Å²) in [6.45, 7) is 3.66. The molecule has 3 saturated heterocycles. The number of carbonyl (C=O) groups excluding carboxylic acids is 1. The van der Waals surface area contributed by atoms with Crippen LogP contribution < -0.4 is 15.5 Å². The van der Waals surface area contributed by atoms with Crippen LogP contribution >= 0.6 is 11.6 Å². The molecule has 3 aliphatic heterocycles. The number of benzene rings is 1. The fourth-order valence-electron chi connectivity index (χ4n) is 4.61. The van der Waals surface area contributed by atoms with Gasteiger partial charge in [-0.15, -0.1) is 0 Å². The molecule has 2 N–H and O–H groups in total. The van der Waals surface area contributed by atoms with E-state index in [0.717, 1.165) is 6.42 Å². The van der Waals surface area contributed by atoms with Crippen molar-refractivity contribution >= 4 is 46.6 Å². The van der Waals surface area contributed by atoms with Gasteiger partial charge in [-0.05, 0) is 25.5 Å². The Morgan fingerprint density at radius 2 is 2.03 bits per heavy atom. The van der Waals surface area contributed by atoms with Crippen LogP contribution in [0, 0.1) is 22.7 Å². The number of ether oxygens (including phenoxy) is 1. The van der Waals surface area contributed by atoms with Gasteiger partial charge in [0.15, 0.2) is 5.65 Å². The summed E-state index contributed by atoms with van der Waals surface area (Å²) in [6, 6.07) is 7.66. The molecule has 2 atom stereocenters. The molecule has 1 aromatic carbocycles. The minimum absolute atomic E-state index is 0.0269. The lowest BCUT2D eigenvalue weighted by Crippen LogP contribution is -2.70. The number of halogens is 1. The van der Waals surface area contributed by atoms with Crippen molar-refractivity contribution in [1.29, 1.82) is 10.5 Å². The molecule has 1 amide bonds. The van der Waals surface area contributed by atoms with Gasteiger partial charge < -0.3 is 20.3 Å². The maximum atomic E-state index is 12.0. The highest BCUT2D eigenvalue weighted by molar-refractivity contribution is 6.36. The Balaban J connectivity index is 1.49. The average Bonchev–Trinajstić information content (AvgIpc) is 3.28. The maximum Gasteiger partial charge on any atom is 0.410 e. The van der Waals surface area contributed by atoms with Gasteiger partial charge in [-0.25, -0.2) is 4.79 Å². The predicted molar refractivity (Wildman–Crippen MR) is 128 cm³/mol. The van der Waals surface area contributed by atoms with Crippen LogP contribution in [0.5, 0.6) is 0 Å². The van der Waals surface area contributed by atoms with Crippen LogP contribution in [0.2, 0.25) is 5.02 Å². The first kappa shape index (κ1) is 22.5. The molecule has 2 aromatic heterocycles. The van der Waals surface area contributed by atoms with Gasteiger partial charge in [0.05, 0.1) is 53.4 Å². The molecular weight excluding hydrogens is 472 g/mol. The number of anilines is 4. The van der Waals surface area contributed by atoms with Gasteiger partial charge in [0.2, 0.25) is 11.9 Å². The molecule has 0 radical (unpaired) electrons. The topological polar surface area (TPSA) is 147 Å². The summed E-state index contributed by atoms with van der Waals surface area (Å²) in [6.07, 6.45) is 2.00. The van der Waals surface area contributed by atoms with Gasteiger partial charge in [-0.3, -0.25) is 4.90 Å². The van der Waals surface area contributed by atoms with Crippen molar-refractivity contribution in [1.82, 2.24) is 24.5 Å². The zero-order valence-corrected chi connectivity index (χ0v) is 19.7. The first-order valence-electron chi connectivity index (χ1n) is 11.0. The van der Waals surface area contributed by atoms with E-state index in [4.69, 9.17) is 16.3 Å². The summed E-state index contributed by atoms with van der Waals surface area (Å²) in [4.78, 5) is 24.8. The zero-order chi connectivity index (χ0) is 24.7. The number of hydrogen-bond donors (Lipinski definition) is 2. The molecule has 0 aliphatic carbocycles. The van der Waals surface area contributed by atoms with E-state index in [0.29, 0.717) is 58.8 Å². The van der Waals surface area contributed by atoms with Gasteiger partial charge in [-0.1, -0.05) is 11.6 Å². The lowest BCUT2D eigenvalue weighted by molar-refractivity contribution is 0.00317. The summed E-state index contributed by atoms with van der Waals surface area (Å²) in [7, 11) is 1.38. The predicted octanol–water partition coefficient (Wildman–Crippen LogP) is 2.73. The number of rotatable bonds is 5. The Morgan fingerprint density at radius 1 is 1.26 bits per heavy atom. The number of nitrogens with zero attached hydrogens (tertiary/aromatic N) is 8. The molecule has 12 nitrogen and oxygen atoms in total. The Bertz CT molecular complexity index is 1400. The molecule has 3 fully saturated rings. The third-order valence-corrected chi connectivity index (χ3v) is 6.57. The monoisotopic (exact) mass is 492 g/mol. The summed E-state index contributed by atoms with van der Waals surface area (Å²) >= 11 is 6.81.